The van der Waals surface area contributed by atoms with Crippen LogP contribution in [0.4, 0.5) is 5.69 Å². The van der Waals surface area contributed by atoms with Crippen LogP contribution in [0.5, 0.6) is 0 Å². The number of piperazine rings is 1. The average Bonchev–Trinajstić information content (AvgIpc) is 3.08. The molecule has 34 heavy (non-hydrogen) atoms. The second kappa shape index (κ2) is 9.10. The summed E-state index contributed by atoms with van der Waals surface area (Å²) in [6.07, 6.45) is 2.14. The molecule has 0 N–H and O–H groups in total. The second-order valence-electron chi connectivity index (χ2n) is 8.74. The molecule has 0 aromatic heterocycles. The highest BCUT2D eigenvalue weighted by atomic mass is 32.2. The molecule has 2 aliphatic rings. The second-order valence-corrected chi connectivity index (χ2v) is 10.6. The van der Waals surface area contributed by atoms with Gasteiger partial charge in [-0.25, -0.2) is 8.42 Å². The van der Waals surface area contributed by atoms with Crippen LogP contribution >= 0.6 is 0 Å². The highest BCUT2D eigenvalue weighted by molar-refractivity contribution is 7.93. The first-order chi connectivity index (χ1) is 16.4. The maximum Gasteiger partial charge on any atom is 0.265 e. The van der Waals surface area contributed by atoms with Gasteiger partial charge in [0, 0.05) is 38.0 Å². The van der Waals surface area contributed by atoms with E-state index >= 15 is 0 Å². The van der Waals surface area contributed by atoms with Crippen molar-refractivity contribution < 1.29 is 18.0 Å². The summed E-state index contributed by atoms with van der Waals surface area (Å²) >= 11 is 0. The fourth-order valence-electron chi connectivity index (χ4n) is 4.80. The van der Waals surface area contributed by atoms with E-state index in [9.17, 15) is 18.0 Å². The smallest absolute Gasteiger partial charge is 0.265 e. The first kappa shape index (κ1) is 22.4. The van der Waals surface area contributed by atoms with Crippen molar-refractivity contribution >= 4 is 38.3 Å². The number of aryl methyl sites for hydroxylation is 1. The van der Waals surface area contributed by atoms with Crippen LogP contribution in [0.1, 0.15) is 18.4 Å². The molecule has 2 aliphatic heterocycles. The molecule has 0 saturated carbocycles. The van der Waals surface area contributed by atoms with E-state index in [4.69, 9.17) is 0 Å². The van der Waals surface area contributed by atoms with E-state index in [1.165, 1.54) is 9.87 Å². The Balaban J connectivity index is 1.17. The van der Waals surface area contributed by atoms with Crippen molar-refractivity contribution in [3.63, 3.8) is 0 Å². The summed E-state index contributed by atoms with van der Waals surface area (Å²) < 4.78 is 27.5. The number of rotatable bonds is 6. The van der Waals surface area contributed by atoms with Gasteiger partial charge in [-0.05, 0) is 35.9 Å². The summed E-state index contributed by atoms with van der Waals surface area (Å²) in [5, 5.41) is 1.51. The Morgan fingerprint density at radius 2 is 1.41 bits per heavy atom. The Morgan fingerprint density at radius 1 is 0.765 bits per heavy atom. The van der Waals surface area contributed by atoms with Crippen molar-refractivity contribution in [3.05, 3.63) is 72.3 Å². The van der Waals surface area contributed by atoms with E-state index in [-0.39, 0.29) is 23.3 Å². The first-order valence-corrected chi connectivity index (χ1v) is 13.0. The van der Waals surface area contributed by atoms with E-state index in [0.717, 1.165) is 18.2 Å². The van der Waals surface area contributed by atoms with Crippen molar-refractivity contribution in [2.75, 3.05) is 37.0 Å². The summed E-state index contributed by atoms with van der Waals surface area (Å²) in [7, 11) is -3.77. The number of carbonyl (C=O) groups is 2. The molecule has 0 unspecified atom stereocenters. The van der Waals surface area contributed by atoms with Gasteiger partial charge in [0.15, 0.2) is 0 Å². The molecule has 3 aromatic rings. The number of hydrogen-bond acceptors (Lipinski definition) is 4. The minimum absolute atomic E-state index is 0.104. The standard InChI is InChI=1S/C26H27N3O4S/c30-24(14-4-9-20-7-2-1-3-8-20)27-15-17-28(18-16-27)25(31)19-29-22-12-5-10-21-11-6-13-23(26(21)22)34(29,32)33/h1-3,5-8,10-13H,4,9,14-19H2. The molecule has 8 heteroatoms. The zero-order chi connectivity index (χ0) is 23.7. The topological polar surface area (TPSA) is 78.0 Å². The van der Waals surface area contributed by atoms with Gasteiger partial charge in [0.05, 0.1) is 10.6 Å². The SMILES string of the molecule is O=C(CCCc1ccccc1)N1CCN(C(=O)CN2c3cccc4cccc(c34)S2(=O)=O)CC1. The number of benzene rings is 3. The van der Waals surface area contributed by atoms with Crippen LogP contribution in [0.25, 0.3) is 10.8 Å². The van der Waals surface area contributed by atoms with Gasteiger partial charge in [0.1, 0.15) is 6.54 Å². The minimum atomic E-state index is -3.77. The van der Waals surface area contributed by atoms with E-state index in [2.05, 4.69) is 12.1 Å². The van der Waals surface area contributed by atoms with Crippen molar-refractivity contribution in [3.8, 4) is 0 Å². The van der Waals surface area contributed by atoms with E-state index in [0.29, 0.717) is 43.7 Å². The molecule has 3 aromatic carbocycles. The average molecular weight is 478 g/mol. The zero-order valence-corrected chi connectivity index (χ0v) is 19.7. The third-order valence-electron chi connectivity index (χ3n) is 6.64. The van der Waals surface area contributed by atoms with Crippen LogP contribution in [0, 0.1) is 0 Å². The molecule has 0 radical (unpaired) electrons. The lowest BCUT2D eigenvalue weighted by molar-refractivity contribution is -0.138. The lowest BCUT2D eigenvalue weighted by Gasteiger charge is -2.35. The third kappa shape index (κ3) is 4.14. The molecule has 7 nitrogen and oxygen atoms in total. The fraction of sp³-hybridized carbons (Fsp3) is 0.308. The molecule has 5 rings (SSSR count). The molecule has 176 valence electrons. The zero-order valence-electron chi connectivity index (χ0n) is 18.9. The lowest BCUT2D eigenvalue weighted by atomic mass is 10.1. The Kier molecular flexibility index (Phi) is 6.00. The molecule has 2 heterocycles. The quantitative estimate of drug-likeness (QED) is 0.547. The van der Waals surface area contributed by atoms with Crippen molar-refractivity contribution in [1.29, 1.82) is 0 Å². The Hall–Kier alpha value is -3.39. The summed E-state index contributed by atoms with van der Waals surface area (Å²) in [6.45, 7) is 1.53. The Labute approximate surface area is 199 Å². The first-order valence-electron chi connectivity index (χ1n) is 11.6. The van der Waals surface area contributed by atoms with Gasteiger partial charge in [-0.1, -0.05) is 54.6 Å². The fourth-order valence-corrected chi connectivity index (χ4v) is 6.46. The molecular weight excluding hydrogens is 450 g/mol. The predicted molar refractivity (Wildman–Crippen MR) is 131 cm³/mol. The van der Waals surface area contributed by atoms with Crippen LogP contribution < -0.4 is 4.31 Å². The van der Waals surface area contributed by atoms with Gasteiger partial charge in [0.2, 0.25) is 11.8 Å². The van der Waals surface area contributed by atoms with Gasteiger partial charge < -0.3 is 9.80 Å². The number of carbonyl (C=O) groups excluding carboxylic acids is 2. The van der Waals surface area contributed by atoms with Crippen LogP contribution in [-0.4, -0.2) is 62.8 Å². The summed E-state index contributed by atoms with van der Waals surface area (Å²) in [5.41, 5.74) is 1.77. The van der Waals surface area contributed by atoms with Crippen LogP contribution in [0.2, 0.25) is 0 Å². The molecule has 0 bridgehead atoms. The van der Waals surface area contributed by atoms with Crippen LogP contribution in [-0.2, 0) is 26.0 Å². The number of amides is 2. The van der Waals surface area contributed by atoms with Gasteiger partial charge in [-0.3, -0.25) is 13.9 Å². The predicted octanol–water partition coefficient (Wildman–Crippen LogP) is 3.04. The molecule has 0 spiro atoms. The van der Waals surface area contributed by atoms with Crippen LogP contribution in [0.3, 0.4) is 0 Å². The summed E-state index contributed by atoms with van der Waals surface area (Å²) in [4.78, 5) is 29.3. The van der Waals surface area contributed by atoms with E-state index in [1.54, 1.807) is 28.0 Å². The third-order valence-corrected chi connectivity index (χ3v) is 8.45. The van der Waals surface area contributed by atoms with Gasteiger partial charge in [-0.15, -0.1) is 0 Å². The number of hydrogen-bond donors (Lipinski definition) is 0. The molecular formula is C26H27N3O4S. The molecule has 2 amide bonds. The molecule has 1 fully saturated rings. The van der Waals surface area contributed by atoms with Gasteiger partial charge >= 0.3 is 0 Å². The van der Waals surface area contributed by atoms with Crippen LogP contribution in [0.15, 0.2) is 71.6 Å². The monoisotopic (exact) mass is 477 g/mol. The molecule has 1 saturated heterocycles. The number of sulfonamides is 1. The summed E-state index contributed by atoms with van der Waals surface area (Å²) in [6, 6.07) is 20.7. The highest BCUT2D eigenvalue weighted by Crippen LogP contribution is 2.41. The minimum Gasteiger partial charge on any atom is -0.339 e. The highest BCUT2D eigenvalue weighted by Gasteiger charge is 2.37. The Bertz CT molecular complexity index is 1330. The Morgan fingerprint density at radius 3 is 2.12 bits per heavy atom. The maximum atomic E-state index is 13.1. The normalized spacial score (nSPS) is 16.8. The van der Waals surface area contributed by atoms with Crippen molar-refractivity contribution in [2.45, 2.75) is 24.2 Å². The van der Waals surface area contributed by atoms with E-state index in [1.807, 2.05) is 36.4 Å². The molecule has 0 aliphatic carbocycles. The van der Waals surface area contributed by atoms with E-state index < -0.39 is 10.0 Å². The number of anilines is 1. The molecule has 0 atom stereocenters. The lowest BCUT2D eigenvalue weighted by Crippen LogP contribution is -2.52. The van der Waals surface area contributed by atoms with Crippen molar-refractivity contribution in [2.24, 2.45) is 0 Å². The number of nitrogens with zero attached hydrogens (tertiary/aromatic N) is 3. The van der Waals surface area contributed by atoms with Crippen molar-refractivity contribution in [1.82, 2.24) is 9.80 Å². The van der Waals surface area contributed by atoms with Gasteiger partial charge in [0.25, 0.3) is 10.0 Å². The largest absolute Gasteiger partial charge is 0.339 e. The summed E-state index contributed by atoms with van der Waals surface area (Å²) in [5.74, 6) is -0.142. The maximum absolute atomic E-state index is 13.1. The van der Waals surface area contributed by atoms with Gasteiger partial charge in [-0.2, -0.15) is 0 Å².